The molecule has 9 nitrogen and oxygen atoms in total. The van der Waals surface area contributed by atoms with E-state index in [0.29, 0.717) is 18.8 Å². The van der Waals surface area contributed by atoms with Crippen LogP contribution in [0.4, 0.5) is 4.39 Å². The van der Waals surface area contributed by atoms with E-state index in [1.54, 1.807) is 19.1 Å². The number of nitrogens with zero attached hydrogens (tertiary/aromatic N) is 1. The first-order valence-electron chi connectivity index (χ1n) is 9.89. The molecule has 12 heteroatoms. The van der Waals surface area contributed by atoms with Gasteiger partial charge in [-0.3, -0.25) is 4.79 Å². The fourth-order valence-electron chi connectivity index (χ4n) is 3.11. The van der Waals surface area contributed by atoms with E-state index in [2.05, 4.69) is 10.0 Å². The number of carbonyl (C=O) groups is 1. The number of rotatable bonds is 8. The Morgan fingerprint density at radius 2 is 1.66 bits per heavy atom. The number of nitrogens with one attached hydrogen (secondary N) is 2. The van der Waals surface area contributed by atoms with Crippen molar-refractivity contribution < 1.29 is 30.8 Å². The monoisotopic (exact) mass is 485 g/mol. The lowest BCUT2D eigenvalue weighted by Crippen LogP contribution is -2.40. The molecular formula is C20H24FN3O6S2. The third-order valence-electron chi connectivity index (χ3n) is 4.81. The van der Waals surface area contributed by atoms with Gasteiger partial charge in [-0.05, 0) is 35.9 Å². The molecule has 3 rings (SSSR count). The fraction of sp³-hybridized carbons (Fsp3) is 0.350. The van der Waals surface area contributed by atoms with Crippen molar-refractivity contribution in [2.24, 2.45) is 0 Å². The van der Waals surface area contributed by atoms with Crippen LogP contribution in [0.25, 0.3) is 0 Å². The van der Waals surface area contributed by atoms with Gasteiger partial charge in [0.05, 0.1) is 28.6 Å². The summed E-state index contributed by atoms with van der Waals surface area (Å²) in [5.41, 5.74) is 0.187. The minimum Gasteiger partial charge on any atom is -0.379 e. The maximum atomic E-state index is 14.1. The van der Waals surface area contributed by atoms with E-state index >= 15 is 0 Å². The number of ether oxygens (including phenoxy) is 1. The lowest BCUT2D eigenvalue weighted by molar-refractivity contribution is 0.0730. The number of amides is 1. The summed E-state index contributed by atoms with van der Waals surface area (Å²) in [4.78, 5) is 12.3. The number of carbonyl (C=O) groups excluding carboxylic acids is 1. The molecule has 174 valence electrons. The Morgan fingerprint density at radius 3 is 2.28 bits per heavy atom. The smallest absolute Gasteiger partial charge is 0.254 e. The van der Waals surface area contributed by atoms with Gasteiger partial charge in [0.1, 0.15) is 5.82 Å². The summed E-state index contributed by atoms with van der Waals surface area (Å²) >= 11 is 0. The lowest BCUT2D eigenvalue weighted by atomic mass is 10.2. The molecule has 2 N–H and O–H groups in total. The topological polar surface area (TPSA) is 122 Å². The highest BCUT2D eigenvalue weighted by molar-refractivity contribution is 7.89. The molecule has 0 radical (unpaired) electrons. The standard InChI is InChI=1S/C20H24FN3O6S2/c1-2-23-31(26,27)17-7-8-19(21)18(13-17)20(25)22-14-15-3-5-16(6-4-15)32(28,29)24-9-11-30-12-10-24/h3-8,13,23H,2,9-12,14H2,1H3,(H,22,25). The summed E-state index contributed by atoms with van der Waals surface area (Å²) < 4.78 is 72.4. The van der Waals surface area contributed by atoms with Crippen molar-refractivity contribution in [1.29, 1.82) is 0 Å². The molecule has 2 aromatic carbocycles. The summed E-state index contributed by atoms with van der Waals surface area (Å²) in [5, 5.41) is 2.52. The summed E-state index contributed by atoms with van der Waals surface area (Å²) in [7, 11) is -7.47. The minimum atomic E-state index is -3.84. The molecule has 1 aliphatic heterocycles. The van der Waals surface area contributed by atoms with Gasteiger partial charge in [0, 0.05) is 26.2 Å². The first-order chi connectivity index (χ1) is 15.1. The van der Waals surface area contributed by atoms with Crippen LogP contribution in [0.2, 0.25) is 0 Å². The largest absolute Gasteiger partial charge is 0.379 e. The SMILES string of the molecule is CCNS(=O)(=O)c1ccc(F)c(C(=O)NCc2ccc(S(=O)(=O)N3CCOCC3)cc2)c1. The van der Waals surface area contributed by atoms with E-state index in [1.165, 1.54) is 16.4 Å². The van der Waals surface area contributed by atoms with Crippen molar-refractivity contribution in [3.8, 4) is 0 Å². The maximum Gasteiger partial charge on any atom is 0.254 e. The molecule has 0 aliphatic carbocycles. The molecule has 0 unspecified atom stereocenters. The molecule has 1 heterocycles. The second-order valence-corrected chi connectivity index (χ2v) is 10.7. The maximum absolute atomic E-state index is 14.1. The number of hydrogen-bond donors (Lipinski definition) is 2. The molecular weight excluding hydrogens is 461 g/mol. The van der Waals surface area contributed by atoms with Crippen LogP contribution in [0, 0.1) is 5.82 Å². The molecule has 1 saturated heterocycles. The summed E-state index contributed by atoms with van der Waals surface area (Å²) in [6.07, 6.45) is 0. The minimum absolute atomic E-state index is 0.000340. The van der Waals surface area contributed by atoms with Gasteiger partial charge in [0.25, 0.3) is 5.91 Å². The normalized spacial score (nSPS) is 15.4. The second kappa shape index (κ2) is 10.0. The predicted molar refractivity (Wildman–Crippen MR) is 114 cm³/mol. The Bertz CT molecular complexity index is 1180. The van der Waals surface area contributed by atoms with Gasteiger partial charge in [-0.2, -0.15) is 4.31 Å². The third kappa shape index (κ3) is 5.51. The number of sulfonamides is 2. The van der Waals surface area contributed by atoms with Crippen LogP contribution >= 0.6 is 0 Å². The van der Waals surface area contributed by atoms with Gasteiger partial charge in [-0.1, -0.05) is 19.1 Å². The average Bonchev–Trinajstić information content (AvgIpc) is 2.78. The average molecular weight is 486 g/mol. The molecule has 0 saturated carbocycles. The fourth-order valence-corrected chi connectivity index (χ4v) is 5.59. The molecule has 1 aliphatic rings. The van der Waals surface area contributed by atoms with E-state index < -0.39 is 37.3 Å². The molecule has 2 aromatic rings. The van der Waals surface area contributed by atoms with Gasteiger partial charge < -0.3 is 10.1 Å². The number of hydrogen-bond acceptors (Lipinski definition) is 6. The van der Waals surface area contributed by atoms with Crippen LogP contribution < -0.4 is 10.0 Å². The number of halogens is 1. The summed E-state index contributed by atoms with van der Waals surface area (Å²) in [5.74, 6) is -1.65. The van der Waals surface area contributed by atoms with Crippen molar-refractivity contribution in [2.45, 2.75) is 23.3 Å². The quantitative estimate of drug-likeness (QED) is 0.577. The van der Waals surface area contributed by atoms with Crippen molar-refractivity contribution >= 4 is 26.0 Å². The van der Waals surface area contributed by atoms with E-state index in [4.69, 9.17) is 4.74 Å². The van der Waals surface area contributed by atoms with Crippen LogP contribution in [0.3, 0.4) is 0 Å². The Hall–Kier alpha value is -2.38. The van der Waals surface area contributed by atoms with Gasteiger partial charge in [0.2, 0.25) is 20.0 Å². The van der Waals surface area contributed by atoms with Crippen LogP contribution in [-0.2, 0) is 31.3 Å². The molecule has 0 aromatic heterocycles. The van der Waals surface area contributed by atoms with Crippen LogP contribution in [-0.4, -0.2) is 59.9 Å². The number of benzene rings is 2. The highest BCUT2D eigenvalue weighted by atomic mass is 32.2. The Morgan fingerprint density at radius 1 is 1.03 bits per heavy atom. The first kappa shape index (κ1) is 24.3. The molecule has 32 heavy (non-hydrogen) atoms. The molecule has 0 atom stereocenters. The Kier molecular flexibility index (Phi) is 7.62. The van der Waals surface area contributed by atoms with E-state index in [9.17, 15) is 26.0 Å². The molecule has 1 fully saturated rings. The van der Waals surface area contributed by atoms with E-state index in [-0.39, 0.29) is 36.0 Å². The van der Waals surface area contributed by atoms with E-state index in [1.807, 2.05) is 0 Å². The predicted octanol–water partition coefficient (Wildman–Crippen LogP) is 1.07. The van der Waals surface area contributed by atoms with Crippen molar-refractivity contribution in [3.05, 3.63) is 59.4 Å². The van der Waals surface area contributed by atoms with Crippen LogP contribution in [0.15, 0.2) is 52.3 Å². The first-order valence-corrected chi connectivity index (χ1v) is 12.8. The van der Waals surface area contributed by atoms with Gasteiger partial charge in [-0.25, -0.2) is 25.9 Å². The number of morpholine rings is 1. The Balaban J connectivity index is 1.69. The van der Waals surface area contributed by atoms with Crippen molar-refractivity contribution in [3.63, 3.8) is 0 Å². The summed E-state index contributed by atoms with van der Waals surface area (Å²) in [6, 6.07) is 8.96. The Labute approximate surface area is 186 Å². The van der Waals surface area contributed by atoms with Gasteiger partial charge >= 0.3 is 0 Å². The van der Waals surface area contributed by atoms with Crippen molar-refractivity contribution in [2.75, 3.05) is 32.8 Å². The highest BCUT2D eigenvalue weighted by Crippen LogP contribution is 2.18. The second-order valence-electron chi connectivity index (χ2n) is 6.99. The molecule has 0 bridgehead atoms. The third-order valence-corrected chi connectivity index (χ3v) is 8.27. The van der Waals surface area contributed by atoms with Gasteiger partial charge in [-0.15, -0.1) is 0 Å². The van der Waals surface area contributed by atoms with Crippen LogP contribution in [0.1, 0.15) is 22.8 Å². The highest BCUT2D eigenvalue weighted by Gasteiger charge is 2.26. The zero-order chi connectivity index (χ0) is 23.4. The zero-order valence-corrected chi connectivity index (χ0v) is 19.0. The van der Waals surface area contributed by atoms with Crippen molar-refractivity contribution in [1.82, 2.24) is 14.3 Å². The molecule has 0 spiro atoms. The van der Waals surface area contributed by atoms with Gasteiger partial charge in [0.15, 0.2) is 0 Å². The summed E-state index contributed by atoms with van der Waals surface area (Å²) in [6.45, 7) is 3.02. The van der Waals surface area contributed by atoms with E-state index in [0.717, 1.165) is 18.2 Å². The zero-order valence-electron chi connectivity index (χ0n) is 17.4. The van der Waals surface area contributed by atoms with Crippen LogP contribution in [0.5, 0.6) is 0 Å². The molecule has 1 amide bonds. The lowest BCUT2D eigenvalue weighted by Gasteiger charge is -2.26.